The molecule has 0 saturated carbocycles. The van der Waals surface area contributed by atoms with Gasteiger partial charge in [0.2, 0.25) is 0 Å². The van der Waals surface area contributed by atoms with Crippen molar-refractivity contribution in [2.75, 3.05) is 5.73 Å². The van der Waals surface area contributed by atoms with Gasteiger partial charge in [-0.05, 0) is 24.3 Å². The molecular formula is C13H11FN2O3. The molecule has 0 aliphatic carbocycles. The van der Waals surface area contributed by atoms with Crippen molar-refractivity contribution < 1.29 is 19.1 Å². The van der Waals surface area contributed by atoms with Crippen LogP contribution in [0.3, 0.4) is 0 Å². The van der Waals surface area contributed by atoms with Gasteiger partial charge in [-0.15, -0.1) is 0 Å². The second kappa shape index (κ2) is 4.56. The van der Waals surface area contributed by atoms with E-state index in [1.807, 2.05) is 0 Å². The number of nitrogens with two attached hydrogens (primary N) is 1. The van der Waals surface area contributed by atoms with E-state index in [1.165, 1.54) is 36.0 Å². The molecule has 98 valence electrons. The van der Waals surface area contributed by atoms with Crippen molar-refractivity contribution in [1.29, 1.82) is 0 Å². The monoisotopic (exact) mass is 262 g/mol. The van der Waals surface area contributed by atoms with Crippen molar-refractivity contribution in [3.8, 4) is 0 Å². The minimum atomic E-state index is -1.13. The van der Waals surface area contributed by atoms with E-state index in [2.05, 4.69) is 0 Å². The van der Waals surface area contributed by atoms with Crippen molar-refractivity contribution in [2.24, 2.45) is 7.05 Å². The van der Waals surface area contributed by atoms with E-state index < -0.39 is 17.6 Å². The quantitative estimate of drug-likeness (QED) is 0.651. The number of aromatic nitrogens is 1. The van der Waals surface area contributed by atoms with Crippen molar-refractivity contribution in [3.63, 3.8) is 0 Å². The molecule has 0 unspecified atom stereocenters. The summed E-state index contributed by atoms with van der Waals surface area (Å²) in [4.78, 5) is 23.0. The van der Waals surface area contributed by atoms with Crippen molar-refractivity contribution in [3.05, 3.63) is 53.1 Å². The fraction of sp³-hybridized carbons (Fsp3) is 0.0769. The summed E-state index contributed by atoms with van der Waals surface area (Å²) in [6.45, 7) is 0. The number of rotatable bonds is 3. The third-order valence-corrected chi connectivity index (χ3v) is 2.75. The standard InChI is InChI=1S/C13H11FN2O3/c1-16-6-8(5-11(16)13(18)19)12(17)7-2-3-10(15)9(14)4-7/h2-6H,15H2,1H3,(H,18,19). The molecule has 0 spiro atoms. The van der Waals surface area contributed by atoms with E-state index in [9.17, 15) is 14.0 Å². The number of anilines is 1. The fourth-order valence-electron chi connectivity index (χ4n) is 1.74. The van der Waals surface area contributed by atoms with Crippen LogP contribution in [-0.4, -0.2) is 21.4 Å². The Bertz CT molecular complexity index is 677. The zero-order chi connectivity index (χ0) is 14.2. The maximum atomic E-state index is 13.3. The number of benzene rings is 1. The molecule has 0 saturated heterocycles. The number of aromatic carboxylic acids is 1. The number of hydrogen-bond acceptors (Lipinski definition) is 3. The first-order valence-electron chi connectivity index (χ1n) is 5.39. The van der Waals surface area contributed by atoms with Gasteiger partial charge in [0.05, 0.1) is 5.69 Å². The van der Waals surface area contributed by atoms with Crippen molar-refractivity contribution >= 4 is 17.4 Å². The number of hydrogen-bond donors (Lipinski definition) is 2. The maximum absolute atomic E-state index is 13.3. The fourth-order valence-corrected chi connectivity index (χ4v) is 1.74. The zero-order valence-corrected chi connectivity index (χ0v) is 10.1. The third kappa shape index (κ3) is 2.33. The van der Waals surface area contributed by atoms with Crippen LogP contribution < -0.4 is 5.73 Å². The molecule has 0 amide bonds. The van der Waals surface area contributed by atoms with Gasteiger partial charge in [0.15, 0.2) is 5.78 Å². The molecule has 0 aliphatic heterocycles. The van der Waals surface area contributed by atoms with E-state index >= 15 is 0 Å². The minimum absolute atomic E-state index is 0.0146. The number of nitrogen functional groups attached to an aromatic ring is 1. The Morgan fingerprint density at radius 3 is 2.47 bits per heavy atom. The summed E-state index contributed by atoms with van der Waals surface area (Å²) in [6.07, 6.45) is 1.39. The third-order valence-electron chi connectivity index (χ3n) is 2.75. The summed E-state index contributed by atoms with van der Waals surface area (Å²) in [5.41, 5.74) is 5.57. The Hall–Kier alpha value is -2.63. The van der Waals surface area contributed by atoms with Gasteiger partial charge < -0.3 is 15.4 Å². The van der Waals surface area contributed by atoms with Crippen LogP contribution in [0.1, 0.15) is 26.4 Å². The molecule has 1 aromatic carbocycles. The van der Waals surface area contributed by atoms with Crippen LogP contribution in [0.15, 0.2) is 30.5 Å². The average molecular weight is 262 g/mol. The molecule has 6 heteroatoms. The van der Waals surface area contributed by atoms with Gasteiger partial charge in [-0.2, -0.15) is 0 Å². The summed E-state index contributed by atoms with van der Waals surface area (Å²) < 4.78 is 14.6. The normalized spacial score (nSPS) is 10.4. The van der Waals surface area contributed by atoms with Crippen LogP contribution in [0.2, 0.25) is 0 Å². The molecule has 2 aromatic rings. The maximum Gasteiger partial charge on any atom is 0.352 e. The second-order valence-electron chi connectivity index (χ2n) is 4.10. The van der Waals surface area contributed by atoms with Gasteiger partial charge >= 0.3 is 5.97 Å². The van der Waals surface area contributed by atoms with E-state index in [0.717, 1.165) is 6.07 Å². The van der Waals surface area contributed by atoms with E-state index in [0.29, 0.717) is 0 Å². The Kier molecular flexibility index (Phi) is 3.08. The molecule has 1 heterocycles. The van der Waals surface area contributed by atoms with Gasteiger partial charge in [-0.25, -0.2) is 9.18 Å². The van der Waals surface area contributed by atoms with Gasteiger partial charge in [0.25, 0.3) is 0 Å². The largest absolute Gasteiger partial charge is 0.477 e. The van der Waals surface area contributed by atoms with Crippen molar-refractivity contribution in [1.82, 2.24) is 4.57 Å². The van der Waals surface area contributed by atoms with E-state index in [-0.39, 0.29) is 22.5 Å². The van der Waals surface area contributed by atoms with Gasteiger partial charge in [0.1, 0.15) is 11.5 Å². The molecule has 2 rings (SSSR count). The topological polar surface area (TPSA) is 85.3 Å². The first kappa shape index (κ1) is 12.8. The van der Waals surface area contributed by atoms with E-state index in [4.69, 9.17) is 10.8 Å². The lowest BCUT2D eigenvalue weighted by atomic mass is 10.1. The highest BCUT2D eigenvalue weighted by molar-refractivity contribution is 6.10. The molecular weight excluding hydrogens is 251 g/mol. The van der Waals surface area contributed by atoms with E-state index in [1.54, 1.807) is 0 Å². The molecule has 0 aliphatic rings. The second-order valence-corrected chi connectivity index (χ2v) is 4.10. The number of ketones is 1. The predicted octanol–water partition coefficient (Wildman–Crippen LogP) is 1.68. The summed E-state index contributed by atoms with van der Waals surface area (Å²) in [7, 11) is 1.52. The Morgan fingerprint density at radius 1 is 1.26 bits per heavy atom. The first-order valence-corrected chi connectivity index (χ1v) is 5.39. The molecule has 1 aromatic heterocycles. The first-order chi connectivity index (χ1) is 8.90. The van der Waals surface area contributed by atoms with Crippen LogP contribution in [0.25, 0.3) is 0 Å². The van der Waals surface area contributed by atoms with Crippen LogP contribution in [0.4, 0.5) is 10.1 Å². The molecule has 0 bridgehead atoms. The number of carbonyl (C=O) groups is 2. The lowest BCUT2D eigenvalue weighted by molar-refractivity contribution is 0.0686. The lowest BCUT2D eigenvalue weighted by Gasteiger charge is -2.00. The highest BCUT2D eigenvalue weighted by Gasteiger charge is 2.17. The van der Waals surface area contributed by atoms with Crippen LogP contribution >= 0.6 is 0 Å². The lowest BCUT2D eigenvalue weighted by Crippen LogP contribution is -2.02. The zero-order valence-electron chi connectivity index (χ0n) is 10.1. The summed E-state index contributed by atoms with van der Waals surface area (Å²) in [5, 5.41) is 8.90. The summed E-state index contributed by atoms with van der Waals surface area (Å²) in [5.74, 6) is -2.27. The van der Waals surface area contributed by atoms with Gasteiger partial charge in [-0.1, -0.05) is 0 Å². The van der Waals surface area contributed by atoms with Crippen LogP contribution in [0, 0.1) is 5.82 Å². The predicted molar refractivity (Wildman–Crippen MR) is 66.6 cm³/mol. The molecule has 0 atom stereocenters. The minimum Gasteiger partial charge on any atom is -0.477 e. The summed E-state index contributed by atoms with van der Waals surface area (Å²) >= 11 is 0. The van der Waals surface area contributed by atoms with Crippen LogP contribution in [-0.2, 0) is 7.05 Å². The number of nitrogens with zero attached hydrogens (tertiary/aromatic N) is 1. The molecule has 0 radical (unpaired) electrons. The van der Waals surface area contributed by atoms with Crippen molar-refractivity contribution in [2.45, 2.75) is 0 Å². The highest BCUT2D eigenvalue weighted by Crippen LogP contribution is 2.17. The average Bonchev–Trinajstić information content (AvgIpc) is 2.74. The smallest absolute Gasteiger partial charge is 0.352 e. The number of carboxylic acids is 1. The Morgan fingerprint density at radius 2 is 1.95 bits per heavy atom. The van der Waals surface area contributed by atoms with Gasteiger partial charge in [0, 0.05) is 24.4 Å². The number of halogens is 1. The van der Waals surface area contributed by atoms with Gasteiger partial charge in [-0.3, -0.25) is 4.79 Å². The highest BCUT2D eigenvalue weighted by atomic mass is 19.1. The molecule has 5 nitrogen and oxygen atoms in total. The molecule has 0 fully saturated rings. The number of aryl methyl sites for hydroxylation is 1. The number of carboxylic acid groups (broad SMARTS) is 1. The van der Waals surface area contributed by atoms with Crippen LogP contribution in [0.5, 0.6) is 0 Å². The molecule has 19 heavy (non-hydrogen) atoms. The SMILES string of the molecule is Cn1cc(C(=O)c2ccc(N)c(F)c2)cc1C(=O)O. The Labute approximate surface area is 108 Å². The molecule has 3 N–H and O–H groups in total. The Balaban J connectivity index is 2.41. The summed E-state index contributed by atoms with van der Waals surface area (Å²) in [6, 6.07) is 4.97. The number of carbonyl (C=O) groups excluding carboxylic acids is 1.